The molecule has 32 heavy (non-hydrogen) atoms. The van der Waals surface area contributed by atoms with E-state index in [1.54, 1.807) is 14.0 Å². The van der Waals surface area contributed by atoms with Crippen molar-refractivity contribution in [3.05, 3.63) is 73.6 Å². The molecule has 9 heteroatoms. The molecule has 1 aromatic heterocycles. The molecule has 0 aliphatic carbocycles. The highest BCUT2D eigenvalue weighted by Crippen LogP contribution is 2.26. The van der Waals surface area contributed by atoms with Crippen LogP contribution in [0.5, 0.6) is 5.75 Å². The Hall–Kier alpha value is -3.48. The number of carbonyl (C=O) groups is 1. The fourth-order valence-electron chi connectivity index (χ4n) is 3.38. The number of nitrogens with one attached hydrogen (secondary N) is 1. The molecule has 0 radical (unpaired) electrons. The van der Waals surface area contributed by atoms with Gasteiger partial charge in [-0.25, -0.2) is 5.43 Å². The summed E-state index contributed by atoms with van der Waals surface area (Å²) < 4.78 is 12.3. The molecule has 0 saturated carbocycles. The number of hydrazone groups is 1. The molecule has 2 aromatic carbocycles. The van der Waals surface area contributed by atoms with Gasteiger partial charge in [-0.3, -0.25) is 9.59 Å². The molecule has 1 heterocycles. The van der Waals surface area contributed by atoms with E-state index in [2.05, 4.69) is 26.5 Å². The maximum Gasteiger partial charge on any atom is 0.269 e. The molecular formula is C23H21BrN4O4. The Bertz CT molecular complexity index is 1310. The fraction of sp³-hybridized carbons (Fsp3) is 0.217. The van der Waals surface area contributed by atoms with Gasteiger partial charge in [0.1, 0.15) is 23.9 Å². The van der Waals surface area contributed by atoms with Crippen molar-refractivity contribution in [1.29, 1.82) is 5.26 Å². The van der Waals surface area contributed by atoms with Gasteiger partial charge < -0.3 is 14.0 Å². The number of hydrogen-bond donors (Lipinski definition) is 1. The highest BCUT2D eigenvalue weighted by Gasteiger charge is 2.19. The van der Waals surface area contributed by atoms with Gasteiger partial charge >= 0.3 is 0 Å². The minimum absolute atomic E-state index is 0.0684. The minimum atomic E-state index is -0.560. The van der Waals surface area contributed by atoms with Crippen molar-refractivity contribution in [2.45, 2.75) is 20.1 Å². The van der Waals surface area contributed by atoms with Crippen LogP contribution in [0.3, 0.4) is 0 Å². The van der Waals surface area contributed by atoms with Gasteiger partial charge in [0.2, 0.25) is 0 Å². The summed E-state index contributed by atoms with van der Waals surface area (Å²) in [5, 5.41) is 15.4. The number of fused-ring (bicyclic) bond motifs is 1. The smallest absolute Gasteiger partial charge is 0.269 e. The number of halogens is 1. The van der Waals surface area contributed by atoms with Crippen LogP contribution in [0, 0.1) is 18.3 Å². The predicted octanol–water partition coefficient (Wildman–Crippen LogP) is 3.25. The molecule has 1 amide bonds. The molecule has 8 nitrogen and oxygen atoms in total. The van der Waals surface area contributed by atoms with Gasteiger partial charge in [-0.2, -0.15) is 10.4 Å². The molecule has 1 N–H and O–H groups in total. The first-order chi connectivity index (χ1) is 15.4. The second-order valence-electron chi connectivity index (χ2n) is 6.88. The first-order valence-corrected chi connectivity index (χ1v) is 10.4. The maximum atomic E-state index is 12.8. The molecule has 0 aliphatic rings. The summed E-state index contributed by atoms with van der Waals surface area (Å²) in [6.45, 7) is 1.49. The van der Waals surface area contributed by atoms with E-state index in [9.17, 15) is 14.9 Å². The second kappa shape index (κ2) is 10.2. The molecule has 3 rings (SSSR count). The number of hydrogen-bond acceptors (Lipinski definition) is 6. The highest BCUT2D eigenvalue weighted by atomic mass is 79.9. The number of rotatable bonds is 7. The van der Waals surface area contributed by atoms with Gasteiger partial charge in [0.15, 0.2) is 0 Å². The molecule has 0 unspecified atom stereocenters. The van der Waals surface area contributed by atoms with Gasteiger partial charge in [-0.15, -0.1) is 0 Å². The number of carbonyl (C=O) groups excluding carboxylic acids is 1. The Morgan fingerprint density at radius 2 is 2.03 bits per heavy atom. The van der Waals surface area contributed by atoms with Gasteiger partial charge in [-0.05, 0) is 39.7 Å². The molecule has 0 aliphatic heterocycles. The number of nitriles is 1. The van der Waals surface area contributed by atoms with Crippen molar-refractivity contribution >= 4 is 38.8 Å². The van der Waals surface area contributed by atoms with Crippen molar-refractivity contribution in [2.75, 3.05) is 14.2 Å². The molecule has 0 atom stereocenters. The van der Waals surface area contributed by atoms with Gasteiger partial charge in [-0.1, -0.05) is 30.3 Å². The normalized spacial score (nSPS) is 11.0. The molecule has 0 bridgehead atoms. The standard InChI is InChI=1S/C23H21BrN4O4/c1-14-22(24)19(13-31-2)17(10-25)23(30)28(14)12-21(29)27-26-11-18-16-7-5-4-6-15(16)8-9-20(18)32-3/h4-9,11H,12-13H2,1-3H3,(H,27,29)/b26-11+. The molecule has 0 saturated heterocycles. The number of pyridine rings is 1. The van der Waals surface area contributed by atoms with Crippen LogP contribution >= 0.6 is 15.9 Å². The predicted molar refractivity (Wildman–Crippen MR) is 125 cm³/mol. The van der Waals surface area contributed by atoms with Crippen LogP contribution in [-0.4, -0.2) is 30.9 Å². The van der Waals surface area contributed by atoms with E-state index in [1.165, 1.54) is 17.9 Å². The van der Waals surface area contributed by atoms with Crippen molar-refractivity contribution in [3.8, 4) is 11.8 Å². The zero-order valence-electron chi connectivity index (χ0n) is 17.8. The third kappa shape index (κ3) is 4.56. The van der Waals surface area contributed by atoms with Crippen LogP contribution in [0.4, 0.5) is 0 Å². The molecule has 164 valence electrons. The number of amides is 1. The molecule has 0 fully saturated rings. The Kier molecular flexibility index (Phi) is 7.41. The zero-order chi connectivity index (χ0) is 23.3. The lowest BCUT2D eigenvalue weighted by Gasteiger charge is -2.15. The van der Waals surface area contributed by atoms with Crippen LogP contribution in [-0.2, 0) is 22.7 Å². The fourth-order valence-corrected chi connectivity index (χ4v) is 3.91. The van der Waals surface area contributed by atoms with Crippen LogP contribution < -0.4 is 15.7 Å². The SMILES string of the molecule is COCc1c(Br)c(C)n(CC(=O)N/N=C/c2c(OC)ccc3ccccc23)c(=O)c1C#N. The van der Waals surface area contributed by atoms with Gasteiger partial charge in [0.25, 0.3) is 11.5 Å². The average Bonchev–Trinajstić information content (AvgIpc) is 2.80. The minimum Gasteiger partial charge on any atom is -0.496 e. The summed E-state index contributed by atoms with van der Waals surface area (Å²) >= 11 is 3.40. The van der Waals surface area contributed by atoms with Crippen molar-refractivity contribution in [2.24, 2.45) is 5.10 Å². The molecule has 0 spiro atoms. The Labute approximate surface area is 193 Å². The van der Waals surface area contributed by atoms with Gasteiger partial charge in [0, 0.05) is 28.4 Å². The zero-order valence-corrected chi connectivity index (χ0v) is 19.4. The lowest BCUT2D eigenvalue weighted by atomic mass is 10.0. The van der Waals surface area contributed by atoms with Crippen molar-refractivity contribution in [3.63, 3.8) is 0 Å². The Balaban J connectivity index is 1.86. The lowest BCUT2D eigenvalue weighted by molar-refractivity contribution is -0.121. The van der Waals surface area contributed by atoms with Crippen LogP contribution in [0.15, 0.2) is 50.8 Å². The number of methoxy groups -OCH3 is 2. The third-order valence-electron chi connectivity index (χ3n) is 4.98. The van der Waals surface area contributed by atoms with E-state index in [0.717, 1.165) is 16.3 Å². The van der Waals surface area contributed by atoms with Crippen molar-refractivity contribution < 1.29 is 14.3 Å². The first-order valence-electron chi connectivity index (χ1n) is 9.61. The Morgan fingerprint density at radius 1 is 1.28 bits per heavy atom. The number of nitrogens with zero attached hydrogens (tertiary/aromatic N) is 3. The molecular weight excluding hydrogens is 476 g/mol. The van der Waals surface area contributed by atoms with E-state index < -0.39 is 11.5 Å². The summed E-state index contributed by atoms with van der Waals surface area (Å²) in [5.41, 5.74) is 3.49. The first kappa shape index (κ1) is 23.2. The quantitative estimate of drug-likeness (QED) is 0.399. The van der Waals surface area contributed by atoms with Crippen molar-refractivity contribution in [1.82, 2.24) is 9.99 Å². The Morgan fingerprint density at radius 3 is 2.72 bits per heavy atom. The van der Waals surface area contributed by atoms with E-state index >= 15 is 0 Å². The second-order valence-corrected chi connectivity index (χ2v) is 7.68. The summed E-state index contributed by atoms with van der Waals surface area (Å²) in [7, 11) is 3.04. The summed E-state index contributed by atoms with van der Waals surface area (Å²) in [6, 6.07) is 13.4. The van der Waals surface area contributed by atoms with E-state index in [-0.39, 0.29) is 18.7 Å². The van der Waals surface area contributed by atoms with E-state index in [0.29, 0.717) is 21.5 Å². The monoisotopic (exact) mass is 496 g/mol. The van der Waals surface area contributed by atoms with E-state index in [4.69, 9.17) is 9.47 Å². The maximum absolute atomic E-state index is 12.8. The highest BCUT2D eigenvalue weighted by molar-refractivity contribution is 9.10. The number of aromatic nitrogens is 1. The van der Waals surface area contributed by atoms with Crippen LogP contribution in [0.1, 0.15) is 22.4 Å². The van der Waals surface area contributed by atoms with Gasteiger partial charge in [0.05, 0.1) is 19.9 Å². The largest absolute Gasteiger partial charge is 0.496 e. The lowest BCUT2D eigenvalue weighted by Crippen LogP contribution is -2.33. The number of benzene rings is 2. The van der Waals surface area contributed by atoms with Crippen LogP contribution in [0.25, 0.3) is 10.8 Å². The third-order valence-corrected chi connectivity index (χ3v) is 6.04. The average molecular weight is 497 g/mol. The summed E-state index contributed by atoms with van der Waals surface area (Å²) in [5.74, 6) is 0.103. The summed E-state index contributed by atoms with van der Waals surface area (Å²) in [6.07, 6.45) is 1.51. The van der Waals surface area contributed by atoms with E-state index in [1.807, 2.05) is 42.5 Å². The van der Waals surface area contributed by atoms with Crippen LogP contribution in [0.2, 0.25) is 0 Å². The topological polar surface area (TPSA) is 106 Å². The summed E-state index contributed by atoms with van der Waals surface area (Å²) in [4.78, 5) is 25.3. The number of ether oxygens (including phenoxy) is 2. The molecule has 3 aromatic rings.